The Morgan fingerprint density at radius 2 is 2.40 bits per heavy atom. The summed E-state index contributed by atoms with van der Waals surface area (Å²) in [7, 11) is 2.03. The zero-order chi connectivity index (χ0) is 10.3. The lowest BCUT2D eigenvalue weighted by Gasteiger charge is -2.24. The molecule has 2 aromatic rings. The van der Waals surface area contributed by atoms with E-state index in [0.717, 1.165) is 18.5 Å². The van der Waals surface area contributed by atoms with Gasteiger partial charge < -0.3 is 5.32 Å². The largest absolute Gasteiger partial charge is 0.317 e. The zero-order valence-corrected chi connectivity index (χ0v) is 8.75. The standard InChI is InChI=1S/C11H14N4/c1-12-8-2-3-9-7(4-8)5-13-11-10(9)6-14-15-11/h5-6,8,12H,2-4H2,1H3,(H,13,14,15). The summed E-state index contributed by atoms with van der Waals surface area (Å²) in [5, 5.41) is 11.5. The second-order valence-electron chi connectivity index (χ2n) is 4.12. The van der Waals surface area contributed by atoms with Crippen molar-refractivity contribution in [3.05, 3.63) is 23.5 Å². The topological polar surface area (TPSA) is 53.6 Å². The van der Waals surface area contributed by atoms with Crippen LogP contribution in [0.5, 0.6) is 0 Å². The van der Waals surface area contributed by atoms with Crippen molar-refractivity contribution >= 4 is 11.0 Å². The van der Waals surface area contributed by atoms with Crippen molar-refractivity contribution in [1.29, 1.82) is 0 Å². The highest BCUT2D eigenvalue weighted by Crippen LogP contribution is 2.26. The molecule has 1 unspecified atom stereocenters. The first-order chi connectivity index (χ1) is 7.38. The molecule has 1 aliphatic rings. The number of H-pyrrole nitrogens is 1. The third kappa shape index (κ3) is 1.33. The minimum Gasteiger partial charge on any atom is -0.317 e. The van der Waals surface area contributed by atoms with Gasteiger partial charge in [0.05, 0.1) is 6.20 Å². The third-order valence-corrected chi connectivity index (χ3v) is 3.30. The minimum atomic E-state index is 0.601. The van der Waals surface area contributed by atoms with E-state index in [0.29, 0.717) is 6.04 Å². The van der Waals surface area contributed by atoms with Crippen LogP contribution < -0.4 is 5.32 Å². The molecule has 1 atom stereocenters. The van der Waals surface area contributed by atoms with Gasteiger partial charge in [-0.3, -0.25) is 5.10 Å². The first-order valence-electron chi connectivity index (χ1n) is 5.35. The number of rotatable bonds is 1. The van der Waals surface area contributed by atoms with Crippen LogP contribution in [0.2, 0.25) is 0 Å². The van der Waals surface area contributed by atoms with Crippen molar-refractivity contribution in [3.8, 4) is 0 Å². The van der Waals surface area contributed by atoms with Crippen molar-refractivity contribution in [2.45, 2.75) is 25.3 Å². The summed E-state index contributed by atoms with van der Waals surface area (Å²) in [6.07, 6.45) is 7.29. The van der Waals surface area contributed by atoms with Gasteiger partial charge in [-0.25, -0.2) is 4.98 Å². The maximum atomic E-state index is 4.38. The summed E-state index contributed by atoms with van der Waals surface area (Å²) in [6, 6.07) is 0.601. The van der Waals surface area contributed by atoms with Gasteiger partial charge >= 0.3 is 0 Å². The molecule has 0 saturated carbocycles. The molecule has 0 saturated heterocycles. The summed E-state index contributed by atoms with van der Waals surface area (Å²) in [5.74, 6) is 0. The second kappa shape index (κ2) is 3.31. The molecule has 0 aromatic carbocycles. The van der Waals surface area contributed by atoms with Crippen molar-refractivity contribution in [2.75, 3.05) is 7.05 Å². The Balaban J connectivity index is 2.12. The van der Waals surface area contributed by atoms with Crippen LogP contribution in [0.4, 0.5) is 0 Å². The molecule has 78 valence electrons. The van der Waals surface area contributed by atoms with Crippen molar-refractivity contribution in [2.24, 2.45) is 0 Å². The van der Waals surface area contributed by atoms with Gasteiger partial charge in [-0.05, 0) is 37.4 Å². The van der Waals surface area contributed by atoms with E-state index in [-0.39, 0.29) is 0 Å². The van der Waals surface area contributed by atoms with Crippen molar-refractivity contribution in [3.63, 3.8) is 0 Å². The molecule has 0 fully saturated rings. The van der Waals surface area contributed by atoms with Crippen LogP contribution in [0.15, 0.2) is 12.4 Å². The number of nitrogens with zero attached hydrogens (tertiary/aromatic N) is 2. The predicted molar refractivity (Wildman–Crippen MR) is 58.8 cm³/mol. The molecule has 0 radical (unpaired) electrons. The number of aromatic amines is 1. The minimum absolute atomic E-state index is 0.601. The lowest BCUT2D eigenvalue weighted by atomic mass is 9.88. The molecule has 0 bridgehead atoms. The van der Waals surface area contributed by atoms with Crippen LogP contribution in [0.25, 0.3) is 11.0 Å². The van der Waals surface area contributed by atoms with Gasteiger partial charge in [-0.15, -0.1) is 0 Å². The first-order valence-corrected chi connectivity index (χ1v) is 5.35. The highest BCUT2D eigenvalue weighted by molar-refractivity contribution is 5.79. The number of hydrogen-bond donors (Lipinski definition) is 2. The molecule has 4 heteroatoms. The van der Waals surface area contributed by atoms with E-state index in [1.807, 2.05) is 19.4 Å². The van der Waals surface area contributed by atoms with E-state index in [1.54, 1.807) is 0 Å². The van der Waals surface area contributed by atoms with Gasteiger partial charge in [0.25, 0.3) is 0 Å². The second-order valence-corrected chi connectivity index (χ2v) is 4.12. The van der Waals surface area contributed by atoms with Gasteiger partial charge in [-0.2, -0.15) is 5.10 Å². The lowest BCUT2D eigenvalue weighted by Crippen LogP contribution is -2.31. The summed E-state index contributed by atoms with van der Waals surface area (Å²) < 4.78 is 0. The Kier molecular flexibility index (Phi) is 1.95. The number of nitrogens with one attached hydrogen (secondary N) is 2. The number of hydrogen-bond acceptors (Lipinski definition) is 3. The van der Waals surface area contributed by atoms with Crippen LogP contribution >= 0.6 is 0 Å². The molecular weight excluding hydrogens is 188 g/mol. The van der Waals surface area contributed by atoms with E-state index >= 15 is 0 Å². The van der Waals surface area contributed by atoms with E-state index in [4.69, 9.17) is 0 Å². The lowest BCUT2D eigenvalue weighted by molar-refractivity contribution is 0.497. The van der Waals surface area contributed by atoms with E-state index in [1.165, 1.54) is 22.9 Å². The number of aromatic nitrogens is 3. The van der Waals surface area contributed by atoms with Gasteiger partial charge in [0.2, 0.25) is 0 Å². The van der Waals surface area contributed by atoms with Crippen molar-refractivity contribution in [1.82, 2.24) is 20.5 Å². The fourth-order valence-corrected chi connectivity index (χ4v) is 2.40. The molecule has 4 nitrogen and oxygen atoms in total. The fourth-order valence-electron chi connectivity index (χ4n) is 2.40. The SMILES string of the molecule is CNC1CCc2c(cnc3[nH]ncc23)C1. The maximum absolute atomic E-state index is 4.38. The average molecular weight is 202 g/mol. The number of fused-ring (bicyclic) bond motifs is 3. The molecule has 1 aliphatic carbocycles. The Labute approximate surface area is 88.1 Å². The highest BCUT2D eigenvalue weighted by Gasteiger charge is 2.19. The molecule has 3 rings (SSSR count). The Morgan fingerprint density at radius 1 is 1.47 bits per heavy atom. The van der Waals surface area contributed by atoms with Crippen LogP contribution in [-0.2, 0) is 12.8 Å². The first kappa shape index (κ1) is 8.85. The van der Waals surface area contributed by atoms with Gasteiger partial charge in [0.15, 0.2) is 5.65 Å². The Hall–Kier alpha value is -1.42. The fraction of sp³-hybridized carbons (Fsp3) is 0.455. The summed E-state index contributed by atoms with van der Waals surface area (Å²) >= 11 is 0. The Morgan fingerprint density at radius 3 is 3.27 bits per heavy atom. The molecule has 0 aliphatic heterocycles. The molecule has 2 N–H and O–H groups in total. The average Bonchev–Trinajstić information content (AvgIpc) is 2.76. The van der Waals surface area contributed by atoms with Crippen LogP contribution in [-0.4, -0.2) is 28.3 Å². The molecule has 2 aromatic heterocycles. The van der Waals surface area contributed by atoms with Crippen LogP contribution in [0.1, 0.15) is 17.5 Å². The molecule has 0 spiro atoms. The predicted octanol–water partition coefficient (Wildman–Crippen LogP) is 1.03. The summed E-state index contributed by atoms with van der Waals surface area (Å²) in [4.78, 5) is 4.38. The number of likely N-dealkylation sites (N-methyl/N-ethyl adjacent to an activating group) is 1. The summed E-state index contributed by atoms with van der Waals surface area (Å²) in [5.41, 5.74) is 3.71. The smallest absolute Gasteiger partial charge is 0.155 e. The van der Waals surface area contributed by atoms with E-state index in [2.05, 4.69) is 20.5 Å². The van der Waals surface area contributed by atoms with Crippen LogP contribution in [0, 0.1) is 0 Å². The van der Waals surface area contributed by atoms with E-state index in [9.17, 15) is 0 Å². The monoisotopic (exact) mass is 202 g/mol. The summed E-state index contributed by atoms with van der Waals surface area (Å²) in [6.45, 7) is 0. The third-order valence-electron chi connectivity index (χ3n) is 3.30. The Bertz CT molecular complexity index is 488. The molecule has 15 heavy (non-hydrogen) atoms. The quantitative estimate of drug-likeness (QED) is 0.726. The maximum Gasteiger partial charge on any atom is 0.155 e. The zero-order valence-electron chi connectivity index (χ0n) is 8.75. The number of pyridine rings is 1. The van der Waals surface area contributed by atoms with E-state index < -0.39 is 0 Å². The van der Waals surface area contributed by atoms with Crippen LogP contribution in [0.3, 0.4) is 0 Å². The van der Waals surface area contributed by atoms with Gasteiger partial charge in [0.1, 0.15) is 0 Å². The highest BCUT2D eigenvalue weighted by atomic mass is 15.1. The number of aryl methyl sites for hydroxylation is 1. The molecule has 2 heterocycles. The van der Waals surface area contributed by atoms with Gasteiger partial charge in [-0.1, -0.05) is 0 Å². The van der Waals surface area contributed by atoms with Gasteiger partial charge in [0, 0.05) is 17.6 Å². The molecular formula is C11H14N4. The molecule has 0 amide bonds. The van der Waals surface area contributed by atoms with Crippen molar-refractivity contribution < 1.29 is 0 Å². The normalized spacial score (nSPS) is 20.5.